The molecule has 1 saturated carbocycles. The molecule has 1 N–H and O–H groups in total. The van der Waals surface area contributed by atoms with Crippen LogP contribution in [0.2, 0.25) is 0 Å². The van der Waals surface area contributed by atoms with E-state index in [-0.39, 0.29) is 30.6 Å². The van der Waals surface area contributed by atoms with Gasteiger partial charge in [-0.2, -0.15) is 0 Å². The minimum absolute atomic E-state index is 0.0000808. The first-order valence-corrected chi connectivity index (χ1v) is 10.8. The summed E-state index contributed by atoms with van der Waals surface area (Å²) in [5, 5.41) is 2.91. The van der Waals surface area contributed by atoms with Crippen LogP contribution in [-0.2, 0) is 27.4 Å². The topological polar surface area (TPSA) is 82.3 Å². The first-order valence-electron chi connectivity index (χ1n) is 10.8. The predicted octanol–water partition coefficient (Wildman–Crippen LogP) is 3.17. The van der Waals surface area contributed by atoms with Gasteiger partial charge >= 0.3 is 11.7 Å². The number of rotatable bonds is 9. The van der Waals surface area contributed by atoms with Crippen LogP contribution >= 0.6 is 0 Å². The van der Waals surface area contributed by atoms with Crippen molar-refractivity contribution in [3.63, 3.8) is 0 Å². The van der Waals surface area contributed by atoms with E-state index in [2.05, 4.69) is 5.32 Å². The normalized spacial score (nSPS) is 14.4. The van der Waals surface area contributed by atoms with E-state index in [0.717, 1.165) is 30.3 Å². The van der Waals surface area contributed by atoms with Crippen LogP contribution in [0.5, 0.6) is 0 Å². The van der Waals surface area contributed by atoms with E-state index in [1.807, 2.05) is 49.4 Å². The SMILES string of the molecule is CCCn1c(=O)n(CCC(=O)O[C@H](C(=O)NC2CC2)c2ccccc2)c2ccccc21. The quantitative estimate of drug-likeness (QED) is 0.538. The van der Waals surface area contributed by atoms with Crippen LogP contribution in [0.1, 0.15) is 44.3 Å². The van der Waals surface area contributed by atoms with E-state index < -0.39 is 12.1 Å². The zero-order valence-corrected chi connectivity index (χ0v) is 17.6. The Morgan fingerprint density at radius 3 is 2.23 bits per heavy atom. The number of amides is 1. The molecule has 7 nitrogen and oxygen atoms in total. The van der Waals surface area contributed by atoms with Gasteiger partial charge in [-0.3, -0.25) is 18.7 Å². The number of hydrogen-bond donors (Lipinski definition) is 1. The number of para-hydroxylation sites is 2. The fourth-order valence-electron chi connectivity index (χ4n) is 3.73. The predicted molar refractivity (Wildman–Crippen MR) is 118 cm³/mol. The van der Waals surface area contributed by atoms with Crippen molar-refractivity contribution in [2.45, 2.75) is 57.8 Å². The molecule has 31 heavy (non-hydrogen) atoms. The second-order valence-electron chi connectivity index (χ2n) is 7.89. The molecule has 4 rings (SSSR count). The van der Waals surface area contributed by atoms with Crippen molar-refractivity contribution in [1.82, 2.24) is 14.5 Å². The van der Waals surface area contributed by atoms with Crippen molar-refractivity contribution in [2.75, 3.05) is 0 Å². The molecule has 1 amide bonds. The molecule has 1 aliphatic rings. The fraction of sp³-hybridized carbons (Fsp3) is 0.375. The van der Waals surface area contributed by atoms with Crippen molar-refractivity contribution in [3.8, 4) is 0 Å². The molecule has 3 aromatic rings. The minimum Gasteiger partial charge on any atom is -0.447 e. The van der Waals surface area contributed by atoms with Crippen molar-refractivity contribution >= 4 is 22.9 Å². The molecular weight excluding hydrogens is 394 g/mol. The summed E-state index contributed by atoms with van der Waals surface area (Å²) in [6, 6.07) is 16.7. The number of nitrogens with one attached hydrogen (secondary N) is 1. The van der Waals surface area contributed by atoms with E-state index in [1.54, 1.807) is 21.3 Å². The van der Waals surface area contributed by atoms with Gasteiger partial charge < -0.3 is 10.1 Å². The number of benzene rings is 2. The van der Waals surface area contributed by atoms with E-state index in [0.29, 0.717) is 12.1 Å². The highest BCUT2D eigenvalue weighted by atomic mass is 16.5. The monoisotopic (exact) mass is 421 g/mol. The average molecular weight is 421 g/mol. The number of aromatic nitrogens is 2. The number of esters is 1. The van der Waals surface area contributed by atoms with Crippen LogP contribution < -0.4 is 11.0 Å². The van der Waals surface area contributed by atoms with Gasteiger partial charge in [0.15, 0.2) is 0 Å². The summed E-state index contributed by atoms with van der Waals surface area (Å²) < 4.78 is 8.92. The summed E-state index contributed by atoms with van der Waals surface area (Å²) in [6.07, 6.45) is 1.75. The largest absolute Gasteiger partial charge is 0.447 e. The van der Waals surface area contributed by atoms with Crippen molar-refractivity contribution in [2.24, 2.45) is 0 Å². The Kier molecular flexibility index (Phi) is 6.21. The second kappa shape index (κ2) is 9.20. The van der Waals surface area contributed by atoms with Crippen LogP contribution in [0.3, 0.4) is 0 Å². The van der Waals surface area contributed by atoms with Crippen LogP contribution in [0, 0.1) is 0 Å². The lowest BCUT2D eigenvalue weighted by molar-refractivity contribution is -0.156. The van der Waals surface area contributed by atoms with Gasteiger partial charge in [0.05, 0.1) is 17.5 Å². The maximum Gasteiger partial charge on any atom is 0.329 e. The fourth-order valence-corrected chi connectivity index (χ4v) is 3.73. The molecule has 1 fully saturated rings. The summed E-state index contributed by atoms with van der Waals surface area (Å²) >= 11 is 0. The number of carbonyl (C=O) groups is 2. The van der Waals surface area contributed by atoms with E-state index in [9.17, 15) is 14.4 Å². The number of aryl methyl sites for hydroxylation is 2. The highest BCUT2D eigenvalue weighted by Crippen LogP contribution is 2.23. The summed E-state index contributed by atoms with van der Waals surface area (Å²) in [7, 11) is 0. The van der Waals surface area contributed by atoms with Crippen LogP contribution in [-0.4, -0.2) is 27.1 Å². The molecule has 0 radical (unpaired) electrons. The van der Waals surface area contributed by atoms with Gasteiger partial charge in [-0.1, -0.05) is 49.4 Å². The molecular formula is C24H27N3O4. The van der Waals surface area contributed by atoms with Gasteiger partial charge in [0.25, 0.3) is 5.91 Å². The molecule has 0 unspecified atom stereocenters. The van der Waals surface area contributed by atoms with Crippen LogP contribution in [0.4, 0.5) is 0 Å². The van der Waals surface area contributed by atoms with E-state index in [1.165, 1.54) is 0 Å². The Bertz CT molecular complexity index is 1130. The number of fused-ring (bicyclic) bond motifs is 1. The van der Waals surface area contributed by atoms with E-state index >= 15 is 0 Å². The standard InChI is InChI=1S/C24H27N3O4/c1-2-15-26-19-10-6-7-11-20(19)27(24(26)30)16-14-21(28)31-22(17-8-4-3-5-9-17)23(29)25-18-12-13-18/h3-11,18,22H,2,12-16H2,1H3,(H,25,29)/t22-/m0/s1. The molecule has 7 heteroatoms. The summed E-state index contributed by atoms with van der Waals surface area (Å²) in [6.45, 7) is 2.83. The second-order valence-corrected chi connectivity index (χ2v) is 7.89. The first kappa shape index (κ1) is 20.9. The third kappa shape index (κ3) is 4.71. The average Bonchev–Trinajstić information content (AvgIpc) is 3.56. The maximum atomic E-state index is 12.9. The Morgan fingerprint density at radius 2 is 1.61 bits per heavy atom. The van der Waals surface area contributed by atoms with Gasteiger partial charge in [-0.25, -0.2) is 4.79 Å². The van der Waals surface area contributed by atoms with Crippen molar-refractivity contribution in [1.29, 1.82) is 0 Å². The highest BCUT2D eigenvalue weighted by molar-refractivity contribution is 5.85. The van der Waals surface area contributed by atoms with E-state index in [4.69, 9.17) is 4.74 Å². The third-order valence-corrected chi connectivity index (χ3v) is 5.43. The first-order chi connectivity index (χ1) is 15.1. The third-order valence-electron chi connectivity index (χ3n) is 5.43. The smallest absolute Gasteiger partial charge is 0.329 e. The number of ether oxygens (including phenoxy) is 1. The zero-order chi connectivity index (χ0) is 21.8. The number of imidazole rings is 1. The van der Waals surface area contributed by atoms with Crippen molar-refractivity contribution < 1.29 is 14.3 Å². The Morgan fingerprint density at radius 1 is 1.00 bits per heavy atom. The zero-order valence-electron chi connectivity index (χ0n) is 17.6. The Hall–Kier alpha value is -3.35. The minimum atomic E-state index is -0.993. The molecule has 1 aromatic heterocycles. The van der Waals surface area contributed by atoms with Gasteiger partial charge in [0.1, 0.15) is 0 Å². The molecule has 162 valence electrons. The lowest BCUT2D eigenvalue weighted by Crippen LogP contribution is -2.34. The Balaban J connectivity index is 1.49. The molecule has 1 heterocycles. The molecule has 2 aromatic carbocycles. The molecule has 0 saturated heterocycles. The highest BCUT2D eigenvalue weighted by Gasteiger charge is 2.30. The van der Waals surface area contributed by atoms with Gasteiger partial charge in [-0.05, 0) is 31.4 Å². The number of carbonyl (C=O) groups excluding carboxylic acids is 2. The molecule has 0 bridgehead atoms. The van der Waals surface area contributed by atoms with Gasteiger partial charge in [-0.15, -0.1) is 0 Å². The van der Waals surface area contributed by atoms with Gasteiger partial charge in [0, 0.05) is 24.7 Å². The van der Waals surface area contributed by atoms with Crippen molar-refractivity contribution in [3.05, 3.63) is 70.6 Å². The maximum absolute atomic E-state index is 12.9. The summed E-state index contributed by atoms with van der Waals surface area (Å²) in [5.74, 6) is -0.821. The summed E-state index contributed by atoms with van der Waals surface area (Å²) in [4.78, 5) is 38.2. The molecule has 0 spiro atoms. The van der Waals surface area contributed by atoms with Gasteiger partial charge in [0.2, 0.25) is 6.10 Å². The lowest BCUT2D eigenvalue weighted by atomic mass is 10.1. The molecule has 1 aliphatic carbocycles. The van der Waals surface area contributed by atoms with Crippen LogP contribution in [0.25, 0.3) is 11.0 Å². The summed E-state index contributed by atoms with van der Waals surface area (Å²) in [5.41, 5.74) is 2.14. The lowest BCUT2D eigenvalue weighted by Gasteiger charge is -2.18. The molecule has 1 atom stereocenters. The molecule has 0 aliphatic heterocycles. The number of nitrogens with zero attached hydrogens (tertiary/aromatic N) is 2. The Labute approximate surface area is 180 Å². The number of hydrogen-bond acceptors (Lipinski definition) is 4. The van der Waals surface area contributed by atoms with Crippen LogP contribution in [0.15, 0.2) is 59.4 Å².